The second-order valence-corrected chi connectivity index (χ2v) is 5.64. The molecule has 3 rings (SSSR count). The molecule has 1 atom stereocenters. The molecule has 23 heavy (non-hydrogen) atoms. The van der Waals surface area contributed by atoms with Crippen molar-refractivity contribution < 1.29 is 13.9 Å². The van der Waals surface area contributed by atoms with E-state index in [1.807, 2.05) is 13.0 Å². The number of Topliss-reactive ketones (excluding diaryl/α,β-unsaturated/α-hetero) is 1. The Morgan fingerprint density at radius 3 is 3.00 bits per heavy atom. The molecule has 1 heterocycles. The van der Waals surface area contributed by atoms with Crippen LogP contribution in [-0.4, -0.2) is 25.0 Å². The molecule has 5 heteroatoms. The topological polar surface area (TPSA) is 50.4 Å². The van der Waals surface area contributed by atoms with Crippen molar-refractivity contribution >= 4 is 11.5 Å². The van der Waals surface area contributed by atoms with E-state index in [1.165, 1.54) is 6.07 Å². The summed E-state index contributed by atoms with van der Waals surface area (Å²) in [5.74, 6) is 0.459. The van der Waals surface area contributed by atoms with Crippen LogP contribution in [0.25, 0.3) is 0 Å². The van der Waals surface area contributed by atoms with Gasteiger partial charge in [-0.2, -0.15) is 0 Å². The quantitative estimate of drug-likeness (QED) is 0.833. The molecule has 0 saturated carbocycles. The number of ketones is 1. The van der Waals surface area contributed by atoms with Gasteiger partial charge in [-0.3, -0.25) is 4.79 Å². The lowest BCUT2D eigenvalue weighted by atomic mass is 10.1. The highest BCUT2D eigenvalue weighted by atomic mass is 19.1. The number of rotatable bonds is 5. The first-order valence-corrected chi connectivity index (χ1v) is 7.65. The SMILES string of the molecule is CC1CNc2cc(C(=O)CNCc3ccccc3F)ccc2O1. The van der Waals surface area contributed by atoms with E-state index in [9.17, 15) is 9.18 Å². The number of nitrogens with one attached hydrogen (secondary N) is 2. The van der Waals surface area contributed by atoms with Gasteiger partial charge >= 0.3 is 0 Å². The van der Waals surface area contributed by atoms with Gasteiger partial charge in [-0.05, 0) is 31.2 Å². The smallest absolute Gasteiger partial charge is 0.176 e. The maximum absolute atomic E-state index is 13.5. The first-order valence-electron chi connectivity index (χ1n) is 7.65. The third-order valence-corrected chi connectivity index (χ3v) is 3.77. The van der Waals surface area contributed by atoms with Crippen LogP contribution in [-0.2, 0) is 6.54 Å². The highest BCUT2D eigenvalue weighted by Gasteiger charge is 2.17. The number of benzene rings is 2. The van der Waals surface area contributed by atoms with E-state index in [0.29, 0.717) is 17.7 Å². The fourth-order valence-electron chi connectivity index (χ4n) is 2.51. The van der Waals surface area contributed by atoms with E-state index >= 15 is 0 Å². The number of anilines is 1. The monoisotopic (exact) mass is 314 g/mol. The summed E-state index contributed by atoms with van der Waals surface area (Å²) in [4.78, 5) is 12.2. The predicted molar refractivity (Wildman–Crippen MR) is 87.5 cm³/mol. The summed E-state index contributed by atoms with van der Waals surface area (Å²) >= 11 is 0. The van der Waals surface area contributed by atoms with Crippen LogP contribution >= 0.6 is 0 Å². The third kappa shape index (κ3) is 3.68. The molecule has 0 spiro atoms. The second kappa shape index (κ2) is 6.79. The Hall–Kier alpha value is -2.40. The zero-order chi connectivity index (χ0) is 16.2. The molecule has 0 aromatic heterocycles. The van der Waals surface area contributed by atoms with Crippen molar-refractivity contribution in [3.05, 3.63) is 59.4 Å². The number of hydrogen-bond acceptors (Lipinski definition) is 4. The van der Waals surface area contributed by atoms with Gasteiger partial charge in [0.15, 0.2) is 5.78 Å². The number of halogens is 1. The lowest BCUT2D eigenvalue weighted by Gasteiger charge is -2.25. The summed E-state index contributed by atoms with van der Waals surface area (Å²) in [6.07, 6.45) is 0.117. The van der Waals surface area contributed by atoms with Crippen molar-refractivity contribution in [2.24, 2.45) is 0 Å². The summed E-state index contributed by atoms with van der Waals surface area (Å²) in [6.45, 7) is 3.18. The van der Waals surface area contributed by atoms with Gasteiger partial charge in [0.1, 0.15) is 17.7 Å². The fourth-order valence-corrected chi connectivity index (χ4v) is 2.51. The summed E-state index contributed by atoms with van der Waals surface area (Å²) in [5.41, 5.74) is 1.99. The minimum absolute atomic E-state index is 0.0374. The first kappa shape index (κ1) is 15.5. The summed E-state index contributed by atoms with van der Waals surface area (Å²) in [6, 6.07) is 11.9. The lowest BCUT2D eigenvalue weighted by Crippen LogP contribution is -2.28. The molecule has 2 N–H and O–H groups in total. The van der Waals surface area contributed by atoms with Crippen molar-refractivity contribution in [1.29, 1.82) is 0 Å². The standard InChI is InChI=1S/C18H19FN2O2/c1-12-9-21-16-8-13(6-7-18(16)23-12)17(22)11-20-10-14-4-2-3-5-15(14)19/h2-8,12,20-21H,9-11H2,1H3. The zero-order valence-electron chi connectivity index (χ0n) is 12.9. The van der Waals surface area contributed by atoms with Crippen molar-refractivity contribution in [2.75, 3.05) is 18.4 Å². The Bertz CT molecular complexity index is 718. The molecule has 0 amide bonds. The van der Waals surface area contributed by atoms with Crippen LogP contribution in [0.5, 0.6) is 5.75 Å². The van der Waals surface area contributed by atoms with Crippen LogP contribution in [0, 0.1) is 5.82 Å². The van der Waals surface area contributed by atoms with E-state index in [-0.39, 0.29) is 24.2 Å². The van der Waals surface area contributed by atoms with Gasteiger partial charge < -0.3 is 15.4 Å². The zero-order valence-corrected chi connectivity index (χ0v) is 12.9. The molecule has 2 aromatic rings. The summed E-state index contributed by atoms with van der Waals surface area (Å²) in [7, 11) is 0. The van der Waals surface area contributed by atoms with Gasteiger partial charge in [-0.1, -0.05) is 18.2 Å². The fraction of sp³-hybridized carbons (Fsp3) is 0.278. The molecule has 2 aromatic carbocycles. The number of carbonyl (C=O) groups excluding carboxylic acids is 1. The molecular weight excluding hydrogens is 295 g/mol. The van der Waals surface area contributed by atoms with E-state index < -0.39 is 0 Å². The van der Waals surface area contributed by atoms with Crippen LogP contribution in [0.4, 0.5) is 10.1 Å². The third-order valence-electron chi connectivity index (χ3n) is 3.77. The normalized spacial score (nSPS) is 16.2. The first-order chi connectivity index (χ1) is 11.1. The molecule has 0 fully saturated rings. The molecule has 1 aliphatic heterocycles. The minimum atomic E-state index is -0.267. The molecule has 4 nitrogen and oxygen atoms in total. The van der Waals surface area contributed by atoms with Gasteiger partial charge in [0.05, 0.1) is 18.8 Å². The van der Waals surface area contributed by atoms with Crippen molar-refractivity contribution in [2.45, 2.75) is 19.6 Å². The molecule has 0 saturated heterocycles. The van der Waals surface area contributed by atoms with E-state index in [0.717, 1.165) is 18.0 Å². The molecule has 1 aliphatic rings. The number of ether oxygens (including phenoxy) is 1. The maximum Gasteiger partial charge on any atom is 0.176 e. The van der Waals surface area contributed by atoms with Crippen LogP contribution in [0.2, 0.25) is 0 Å². The molecule has 0 bridgehead atoms. The van der Waals surface area contributed by atoms with Crippen LogP contribution in [0.15, 0.2) is 42.5 Å². The number of fused-ring (bicyclic) bond motifs is 1. The van der Waals surface area contributed by atoms with Crippen molar-refractivity contribution in [1.82, 2.24) is 5.32 Å². The van der Waals surface area contributed by atoms with Crippen molar-refractivity contribution in [3.63, 3.8) is 0 Å². The summed E-state index contributed by atoms with van der Waals surface area (Å²) in [5, 5.41) is 6.24. The van der Waals surface area contributed by atoms with Crippen molar-refractivity contribution in [3.8, 4) is 5.75 Å². The Labute approximate surface area is 134 Å². The Morgan fingerprint density at radius 1 is 1.35 bits per heavy atom. The van der Waals surface area contributed by atoms with Gasteiger partial charge in [-0.15, -0.1) is 0 Å². The van der Waals surface area contributed by atoms with Crippen LogP contribution in [0.1, 0.15) is 22.8 Å². The molecule has 0 radical (unpaired) electrons. The molecule has 120 valence electrons. The molecular formula is C18H19FN2O2. The predicted octanol–water partition coefficient (Wildman–Crippen LogP) is 2.99. The van der Waals surface area contributed by atoms with Gasteiger partial charge in [0, 0.05) is 17.7 Å². The minimum Gasteiger partial charge on any atom is -0.487 e. The number of carbonyl (C=O) groups is 1. The van der Waals surface area contributed by atoms with E-state index in [2.05, 4.69) is 10.6 Å². The maximum atomic E-state index is 13.5. The Morgan fingerprint density at radius 2 is 2.17 bits per heavy atom. The van der Waals surface area contributed by atoms with Gasteiger partial charge in [-0.25, -0.2) is 4.39 Å². The average molecular weight is 314 g/mol. The van der Waals surface area contributed by atoms with Gasteiger partial charge in [0.25, 0.3) is 0 Å². The Kier molecular flexibility index (Phi) is 4.57. The van der Waals surface area contributed by atoms with E-state index in [4.69, 9.17) is 4.74 Å². The largest absolute Gasteiger partial charge is 0.487 e. The number of hydrogen-bond donors (Lipinski definition) is 2. The molecule has 0 aliphatic carbocycles. The van der Waals surface area contributed by atoms with Crippen LogP contribution in [0.3, 0.4) is 0 Å². The van der Waals surface area contributed by atoms with Crippen LogP contribution < -0.4 is 15.4 Å². The second-order valence-electron chi connectivity index (χ2n) is 5.64. The average Bonchev–Trinajstić information content (AvgIpc) is 2.56. The molecule has 1 unspecified atom stereocenters. The highest BCUT2D eigenvalue weighted by Crippen LogP contribution is 2.29. The Balaban J connectivity index is 1.59. The van der Waals surface area contributed by atoms with Gasteiger partial charge in [0.2, 0.25) is 0 Å². The summed E-state index contributed by atoms with van der Waals surface area (Å²) < 4.78 is 19.2. The lowest BCUT2D eigenvalue weighted by molar-refractivity contribution is 0.0990. The highest BCUT2D eigenvalue weighted by molar-refractivity contribution is 5.98. The van der Waals surface area contributed by atoms with E-state index in [1.54, 1.807) is 30.3 Å².